The van der Waals surface area contributed by atoms with Gasteiger partial charge in [-0.25, -0.2) is 14.2 Å². The van der Waals surface area contributed by atoms with Crippen LogP contribution in [0.15, 0.2) is 47.1 Å². The van der Waals surface area contributed by atoms with E-state index < -0.39 is 11.8 Å². The molecule has 0 saturated heterocycles. The van der Waals surface area contributed by atoms with Crippen LogP contribution >= 0.6 is 15.9 Å². The minimum Gasteiger partial charge on any atom is -0.308 e. The molecule has 18 heavy (non-hydrogen) atoms. The summed E-state index contributed by atoms with van der Waals surface area (Å²) >= 11 is 3.24. The third kappa shape index (κ3) is 3.53. The Labute approximate surface area is 111 Å². The maximum atomic E-state index is 12.9. The molecule has 4 nitrogen and oxygen atoms in total. The molecule has 0 atom stereocenters. The maximum Gasteiger partial charge on any atom is 0.324 e. The SMILES string of the molecule is O=C(Nc1cccc(F)c1)Nc1ccc(Br)cn1. The molecule has 2 N–H and O–H groups in total. The summed E-state index contributed by atoms with van der Waals surface area (Å²) in [6.45, 7) is 0. The van der Waals surface area contributed by atoms with Crippen molar-refractivity contribution in [1.82, 2.24) is 4.98 Å². The van der Waals surface area contributed by atoms with E-state index in [2.05, 4.69) is 31.5 Å². The van der Waals surface area contributed by atoms with Crippen LogP contribution in [-0.4, -0.2) is 11.0 Å². The third-order valence-corrected chi connectivity index (χ3v) is 2.52. The van der Waals surface area contributed by atoms with Gasteiger partial charge in [0.1, 0.15) is 11.6 Å². The highest BCUT2D eigenvalue weighted by Gasteiger charge is 2.03. The number of carbonyl (C=O) groups excluding carboxylic acids is 1. The summed E-state index contributed by atoms with van der Waals surface area (Å²) in [4.78, 5) is 15.6. The van der Waals surface area contributed by atoms with Crippen LogP contribution in [0.4, 0.5) is 20.7 Å². The molecule has 92 valence electrons. The number of anilines is 2. The van der Waals surface area contributed by atoms with E-state index >= 15 is 0 Å². The molecular formula is C12H9BrFN3O. The molecule has 0 radical (unpaired) electrons. The average Bonchev–Trinajstić information content (AvgIpc) is 2.32. The quantitative estimate of drug-likeness (QED) is 0.890. The number of amides is 2. The Kier molecular flexibility index (Phi) is 3.88. The first kappa shape index (κ1) is 12.5. The zero-order valence-electron chi connectivity index (χ0n) is 9.15. The van der Waals surface area contributed by atoms with E-state index in [1.165, 1.54) is 18.2 Å². The lowest BCUT2D eigenvalue weighted by atomic mass is 10.3. The van der Waals surface area contributed by atoms with E-state index in [1.807, 2.05) is 0 Å². The largest absolute Gasteiger partial charge is 0.324 e. The molecule has 2 rings (SSSR count). The van der Waals surface area contributed by atoms with Crippen molar-refractivity contribution >= 4 is 33.5 Å². The van der Waals surface area contributed by atoms with Gasteiger partial charge in [0, 0.05) is 16.4 Å². The van der Waals surface area contributed by atoms with Gasteiger partial charge >= 0.3 is 6.03 Å². The summed E-state index contributed by atoms with van der Waals surface area (Å²) in [6.07, 6.45) is 1.57. The van der Waals surface area contributed by atoms with Crippen molar-refractivity contribution in [3.63, 3.8) is 0 Å². The number of nitrogens with one attached hydrogen (secondary N) is 2. The molecule has 2 aromatic rings. The Morgan fingerprint density at radius 2 is 2.06 bits per heavy atom. The van der Waals surface area contributed by atoms with E-state index in [4.69, 9.17) is 0 Å². The second-order valence-corrected chi connectivity index (χ2v) is 4.37. The minimum absolute atomic E-state index is 0.379. The summed E-state index contributed by atoms with van der Waals surface area (Å²) < 4.78 is 13.7. The van der Waals surface area contributed by atoms with E-state index in [0.29, 0.717) is 11.5 Å². The normalized spacial score (nSPS) is 9.89. The van der Waals surface area contributed by atoms with E-state index in [0.717, 1.165) is 4.47 Å². The Bertz CT molecular complexity index is 560. The van der Waals surface area contributed by atoms with Gasteiger partial charge in [-0.1, -0.05) is 6.07 Å². The standard InChI is InChI=1S/C12H9BrFN3O/c13-8-4-5-11(15-7-8)17-12(18)16-10-3-1-2-9(14)6-10/h1-7H,(H2,15,16,17,18). The number of halogens is 2. The molecule has 1 aromatic carbocycles. The predicted molar refractivity (Wildman–Crippen MR) is 71.0 cm³/mol. The van der Waals surface area contributed by atoms with Gasteiger partial charge in [0.05, 0.1) is 0 Å². The Hall–Kier alpha value is -1.95. The van der Waals surface area contributed by atoms with Gasteiger partial charge in [-0.05, 0) is 46.3 Å². The monoisotopic (exact) mass is 309 g/mol. The van der Waals surface area contributed by atoms with Crippen molar-refractivity contribution in [2.45, 2.75) is 0 Å². The molecule has 2 amide bonds. The van der Waals surface area contributed by atoms with Gasteiger partial charge in [-0.3, -0.25) is 5.32 Å². The first-order valence-electron chi connectivity index (χ1n) is 5.08. The number of hydrogen-bond donors (Lipinski definition) is 2. The number of aromatic nitrogens is 1. The highest BCUT2D eigenvalue weighted by Crippen LogP contribution is 2.12. The first-order chi connectivity index (χ1) is 8.63. The van der Waals surface area contributed by atoms with Crippen LogP contribution in [0, 0.1) is 5.82 Å². The molecule has 0 spiro atoms. The maximum absolute atomic E-state index is 12.9. The number of rotatable bonds is 2. The molecular weight excluding hydrogens is 301 g/mol. The predicted octanol–water partition coefficient (Wildman–Crippen LogP) is 3.63. The van der Waals surface area contributed by atoms with E-state index in [9.17, 15) is 9.18 Å². The highest BCUT2D eigenvalue weighted by molar-refractivity contribution is 9.10. The third-order valence-electron chi connectivity index (χ3n) is 2.05. The molecule has 0 unspecified atom stereocenters. The van der Waals surface area contributed by atoms with Crippen LogP contribution in [-0.2, 0) is 0 Å². The second-order valence-electron chi connectivity index (χ2n) is 3.45. The molecule has 0 saturated carbocycles. The fourth-order valence-electron chi connectivity index (χ4n) is 1.29. The molecule has 6 heteroatoms. The number of urea groups is 1. The van der Waals surface area contributed by atoms with Crippen molar-refractivity contribution in [2.75, 3.05) is 10.6 Å². The molecule has 0 bridgehead atoms. The fraction of sp³-hybridized carbons (Fsp3) is 0. The summed E-state index contributed by atoms with van der Waals surface area (Å²) in [5.41, 5.74) is 0.379. The summed E-state index contributed by atoms with van der Waals surface area (Å²) in [7, 11) is 0. The van der Waals surface area contributed by atoms with Crippen molar-refractivity contribution in [2.24, 2.45) is 0 Å². The Morgan fingerprint density at radius 1 is 1.22 bits per heavy atom. The van der Waals surface area contributed by atoms with Crippen molar-refractivity contribution in [3.8, 4) is 0 Å². The molecule has 0 aliphatic heterocycles. The molecule has 0 aliphatic rings. The van der Waals surface area contributed by atoms with Crippen LogP contribution < -0.4 is 10.6 Å². The molecule has 0 aliphatic carbocycles. The molecule has 0 fully saturated rings. The van der Waals surface area contributed by atoms with Crippen LogP contribution in [0.25, 0.3) is 0 Å². The van der Waals surface area contributed by atoms with Crippen LogP contribution in [0.1, 0.15) is 0 Å². The van der Waals surface area contributed by atoms with E-state index in [-0.39, 0.29) is 0 Å². The number of benzene rings is 1. The van der Waals surface area contributed by atoms with Crippen LogP contribution in [0.5, 0.6) is 0 Å². The Morgan fingerprint density at radius 3 is 2.72 bits per heavy atom. The highest BCUT2D eigenvalue weighted by atomic mass is 79.9. The van der Waals surface area contributed by atoms with Crippen molar-refractivity contribution < 1.29 is 9.18 Å². The lowest BCUT2D eigenvalue weighted by Gasteiger charge is -2.06. The zero-order chi connectivity index (χ0) is 13.0. The Balaban J connectivity index is 1.98. The van der Waals surface area contributed by atoms with Gasteiger partial charge in [0.15, 0.2) is 0 Å². The number of nitrogens with zero attached hydrogens (tertiary/aromatic N) is 1. The van der Waals surface area contributed by atoms with Crippen molar-refractivity contribution in [3.05, 3.63) is 52.9 Å². The summed E-state index contributed by atoms with van der Waals surface area (Å²) in [5, 5.41) is 5.04. The zero-order valence-corrected chi connectivity index (χ0v) is 10.7. The van der Waals surface area contributed by atoms with Gasteiger partial charge in [-0.15, -0.1) is 0 Å². The summed E-state index contributed by atoms with van der Waals surface area (Å²) in [5.74, 6) is 0.00155. The van der Waals surface area contributed by atoms with Gasteiger partial charge in [0.25, 0.3) is 0 Å². The number of carbonyl (C=O) groups is 1. The van der Waals surface area contributed by atoms with Crippen LogP contribution in [0.2, 0.25) is 0 Å². The number of hydrogen-bond acceptors (Lipinski definition) is 2. The lowest BCUT2D eigenvalue weighted by Crippen LogP contribution is -2.20. The second kappa shape index (κ2) is 5.59. The van der Waals surface area contributed by atoms with Gasteiger partial charge < -0.3 is 5.32 Å². The molecule has 1 aromatic heterocycles. The van der Waals surface area contributed by atoms with Crippen molar-refractivity contribution in [1.29, 1.82) is 0 Å². The smallest absolute Gasteiger partial charge is 0.308 e. The van der Waals surface area contributed by atoms with Crippen LogP contribution in [0.3, 0.4) is 0 Å². The van der Waals surface area contributed by atoms with Gasteiger partial charge in [-0.2, -0.15) is 0 Å². The topological polar surface area (TPSA) is 54.0 Å². The summed E-state index contributed by atoms with van der Waals surface area (Å²) in [6, 6.07) is 8.57. The minimum atomic E-state index is -0.476. The lowest BCUT2D eigenvalue weighted by molar-refractivity contribution is 0.262. The first-order valence-corrected chi connectivity index (χ1v) is 5.88. The van der Waals surface area contributed by atoms with Gasteiger partial charge in [0.2, 0.25) is 0 Å². The van der Waals surface area contributed by atoms with E-state index in [1.54, 1.807) is 24.4 Å². The average molecular weight is 310 g/mol. The number of pyridine rings is 1. The molecule has 1 heterocycles. The fourth-order valence-corrected chi connectivity index (χ4v) is 1.53.